The third-order valence-corrected chi connectivity index (χ3v) is 5.79. The van der Waals surface area contributed by atoms with Gasteiger partial charge in [0.15, 0.2) is 5.82 Å². The molecule has 178 valence electrons. The second kappa shape index (κ2) is 10.8. The Labute approximate surface area is 199 Å². The van der Waals surface area contributed by atoms with Crippen LogP contribution in [0.25, 0.3) is 11.3 Å². The van der Waals surface area contributed by atoms with Crippen LogP contribution < -0.4 is 15.5 Å². The van der Waals surface area contributed by atoms with Crippen molar-refractivity contribution in [1.82, 2.24) is 20.4 Å². The number of H-pyrrole nitrogens is 1. The van der Waals surface area contributed by atoms with Crippen LogP contribution in [0.4, 0.5) is 16.3 Å². The zero-order valence-electron chi connectivity index (χ0n) is 19.5. The van der Waals surface area contributed by atoms with Crippen LogP contribution in [0.5, 0.6) is 0 Å². The van der Waals surface area contributed by atoms with Gasteiger partial charge in [-0.15, -0.1) is 0 Å². The van der Waals surface area contributed by atoms with Gasteiger partial charge in [0, 0.05) is 50.0 Å². The fraction of sp³-hybridized carbons (Fsp3) is 0.320. The number of piperazine rings is 1. The lowest BCUT2D eigenvalue weighted by Crippen LogP contribution is -2.44. The number of aromatic amines is 1. The van der Waals surface area contributed by atoms with Gasteiger partial charge < -0.3 is 25.2 Å². The molecular formula is C25H30N6O3. The summed E-state index contributed by atoms with van der Waals surface area (Å²) in [6.45, 7) is 6.54. The number of carbonyl (C=O) groups excluding carboxylic acids is 2. The van der Waals surface area contributed by atoms with E-state index in [9.17, 15) is 9.59 Å². The van der Waals surface area contributed by atoms with Gasteiger partial charge in [-0.2, -0.15) is 5.10 Å². The average molecular weight is 463 g/mol. The summed E-state index contributed by atoms with van der Waals surface area (Å²) >= 11 is 0. The molecule has 0 radical (unpaired) electrons. The van der Waals surface area contributed by atoms with Gasteiger partial charge in [-0.25, -0.2) is 4.79 Å². The molecule has 2 aromatic carbocycles. The van der Waals surface area contributed by atoms with Crippen LogP contribution in [0, 0.1) is 0 Å². The molecule has 3 N–H and O–H groups in total. The number of benzene rings is 2. The number of hydrogen-bond donors (Lipinski definition) is 3. The van der Waals surface area contributed by atoms with Crippen molar-refractivity contribution in [3.63, 3.8) is 0 Å². The first-order valence-electron chi connectivity index (χ1n) is 11.4. The number of ether oxygens (including phenoxy) is 1. The Balaban J connectivity index is 1.32. The highest BCUT2D eigenvalue weighted by atomic mass is 16.5. The summed E-state index contributed by atoms with van der Waals surface area (Å²) in [7, 11) is 2.13. The fourth-order valence-electron chi connectivity index (χ4n) is 3.77. The Morgan fingerprint density at radius 2 is 1.74 bits per heavy atom. The quantitative estimate of drug-likeness (QED) is 0.498. The van der Waals surface area contributed by atoms with Crippen LogP contribution in [0.3, 0.4) is 0 Å². The van der Waals surface area contributed by atoms with Crippen LogP contribution in [-0.4, -0.2) is 66.9 Å². The van der Waals surface area contributed by atoms with Crippen molar-refractivity contribution in [3.05, 3.63) is 65.7 Å². The second-order valence-electron chi connectivity index (χ2n) is 8.23. The molecule has 2 amide bonds. The molecule has 0 atom stereocenters. The molecule has 9 heteroatoms. The smallest absolute Gasteiger partial charge is 0.407 e. The maximum Gasteiger partial charge on any atom is 0.407 e. The predicted octanol–water partition coefficient (Wildman–Crippen LogP) is 3.33. The predicted molar refractivity (Wildman–Crippen MR) is 132 cm³/mol. The molecule has 1 aliphatic rings. The number of alkyl carbamates (subject to hydrolysis) is 1. The van der Waals surface area contributed by atoms with Crippen LogP contribution in [-0.2, 0) is 11.3 Å². The van der Waals surface area contributed by atoms with E-state index in [4.69, 9.17) is 4.74 Å². The summed E-state index contributed by atoms with van der Waals surface area (Å²) in [6.07, 6.45) is -0.436. The highest BCUT2D eigenvalue weighted by molar-refractivity contribution is 6.04. The second-order valence-corrected chi connectivity index (χ2v) is 8.23. The van der Waals surface area contributed by atoms with Gasteiger partial charge in [-0.3, -0.25) is 9.89 Å². The summed E-state index contributed by atoms with van der Waals surface area (Å²) in [5.74, 6) is 0.250. The number of rotatable bonds is 7. The molecule has 0 saturated carbocycles. The Bertz CT molecular complexity index is 1100. The molecule has 0 unspecified atom stereocenters. The molecular weight excluding hydrogens is 432 g/mol. The molecule has 9 nitrogen and oxygen atoms in total. The van der Waals surface area contributed by atoms with Gasteiger partial charge in [-0.1, -0.05) is 24.3 Å². The lowest BCUT2D eigenvalue weighted by molar-refractivity contribution is 0.102. The van der Waals surface area contributed by atoms with E-state index in [0.29, 0.717) is 24.5 Å². The number of carbonyl (C=O) groups is 2. The molecule has 0 bridgehead atoms. The van der Waals surface area contributed by atoms with Gasteiger partial charge in [-0.05, 0) is 49.4 Å². The number of nitrogens with one attached hydrogen (secondary N) is 3. The monoisotopic (exact) mass is 462 g/mol. The van der Waals surface area contributed by atoms with E-state index in [2.05, 4.69) is 37.7 Å². The molecule has 1 fully saturated rings. The van der Waals surface area contributed by atoms with E-state index < -0.39 is 6.09 Å². The van der Waals surface area contributed by atoms with Crippen molar-refractivity contribution in [2.45, 2.75) is 13.5 Å². The first-order valence-corrected chi connectivity index (χ1v) is 11.4. The molecule has 3 aromatic rings. The van der Waals surface area contributed by atoms with Crippen molar-refractivity contribution in [1.29, 1.82) is 0 Å². The molecule has 1 aromatic heterocycles. The third-order valence-electron chi connectivity index (χ3n) is 5.79. The minimum absolute atomic E-state index is 0.205. The summed E-state index contributed by atoms with van der Waals surface area (Å²) in [5, 5.41) is 12.7. The van der Waals surface area contributed by atoms with Crippen molar-refractivity contribution >= 4 is 23.5 Å². The van der Waals surface area contributed by atoms with Crippen molar-refractivity contribution in [2.75, 3.05) is 50.1 Å². The van der Waals surface area contributed by atoms with Crippen LogP contribution in [0.15, 0.2) is 54.6 Å². The number of aromatic nitrogens is 2. The molecule has 1 aliphatic heterocycles. The summed E-state index contributed by atoms with van der Waals surface area (Å²) in [5.41, 5.74) is 4.37. The normalized spacial score (nSPS) is 14.0. The van der Waals surface area contributed by atoms with Crippen LogP contribution in [0.2, 0.25) is 0 Å². The Morgan fingerprint density at radius 1 is 1.03 bits per heavy atom. The molecule has 34 heavy (non-hydrogen) atoms. The number of hydrogen-bond acceptors (Lipinski definition) is 6. The summed E-state index contributed by atoms with van der Waals surface area (Å²) in [6, 6.07) is 17.2. The lowest BCUT2D eigenvalue weighted by atomic mass is 10.1. The third kappa shape index (κ3) is 5.93. The SMILES string of the molecule is CCOC(=O)NCc1ccc(-c2cc(NC(=O)c3ccc(N4CCN(C)CC4)cc3)n[nH]2)cc1. The lowest BCUT2D eigenvalue weighted by Gasteiger charge is -2.34. The van der Waals surface area contributed by atoms with Crippen molar-refractivity contribution < 1.29 is 14.3 Å². The molecule has 4 rings (SSSR count). The maximum absolute atomic E-state index is 12.7. The largest absolute Gasteiger partial charge is 0.450 e. The fourth-order valence-corrected chi connectivity index (χ4v) is 3.77. The standard InChI is InChI=1S/C25H30N6O3/c1-3-34-25(33)26-17-18-4-6-19(7-5-18)22-16-23(29-28-22)27-24(32)20-8-10-21(11-9-20)31-14-12-30(2)13-15-31/h4-11,16H,3,12-15,17H2,1-2H3,(H,26,33)(H2,27,28,29,32). The van der Waals surface area contributed by atoms with E-state index in [1.807, 2.05) is 48.5 Å². The molecule has 2 heterocycles. The topological polar surface area (TPSA) is 103 Å². The van der Waals surface area contributed by atoms with E-state index in [-0.39, 0.29) is 5.91 Å². The highest BCUT2D eigenvalue weighted by Crippen LogP contribution is 2.22. The van der Waals surface area contributed by atoms with Crippen molar-refractivity contribution in [2.24, 2.45) is 0 Å². The van der Waals surface area contributed by atoms with Crippen molar-refractivity contribution in [3.8, 4) is 11.3 Å². The molecule has 1 saturated heterocycles. The Kier molecular flexibility index (Phi) is 7.44. The van der Waals surface area contributed by atoms with Gasteiger partial charge in [0.1, 0.15) is 0 Å². The zero-order valence-corrected chi connectivity index (χ0v) is 19.5. The van der Waals surface area contributed by atoms with E-state index in [0.717, 1.165) is 48.7 Å². The number of likely N-dealkylation sites (N-methyl/N-ethyl adjacent to an activating group) is 1. The van der Waals surface area contributed by atoms with Crippen LogP contribution in [0.1, 0.15) is 22.8 Å². The number of amides is 2. The van der Waals surface area contributed by atoms with Gasteiger partial charge in [0.05, 0.1) is 12.3 Å². The van der Waals surface area contributed by atoms with Gasteiger partial charge in [0.25, 0.3) is 5.91 Å². The zero-order chi connectivity index (χ0) is 23.9. The highest BCUT2D eigenvalue weighted by Gasteiger charge is 2.15. The van der Waals surface area contributed by atoms with E-state index >= 15 is 0 Å². The van der Waals surface area contributed by atoms with Gasteiger partial charge in [0.2, 0.25) is 0 Å². The Hall–Kier alpha value is -3.85. The average Bonchev–Trinajstić information content (AvgIpc) is 3.32. The first kappa shape index (κ1) is 23.3. The summed E-state index contributed by atoms with van der Waals surface area (Å²) in [4.78, 5) is 28.7. The minimum Gasteiger partial charge on any atom is -0.450 e. The number of anilines is 2. The minimum atomic E-state index is -0.436. The van der Waals surface area contributed by atoms with E-state index in [1.165, 1.54) is 0 Å². The Morgan fingerprint density at radius 3 is 2.41 bits per heavy atom. The first-order chi connectivity index (χ1) is 16.5. The molecule has 0 spiro atoms. The number of nitrogens with zero attached hydrogens (tertiary/aromatic N) is 3. The summed E-state index contributed by atoms with van der Waals surface area (Å²) < 4.78 is 4.86. The van der Waals surface area contributed by atoms with Crippen LogP contribution >= 0.6 is 0 Å². The maximum atomic E-state index is 12.7. The van der Waals surface area contributed by atoms with E-state index in [1.54, 1.807) is 13.0 Å². The molecule has 0 aliphatic carbocycles. The van der Waals surface area contributed by atoms with Gasteiger partial charge >= 0.3 is 6.09 Å².